The molecule has 0 unspecified atom stereocenters. The molecule has 2 amide bonds. The number of nitriles is 1. The number of nitrogens with zero attached hydrogens (tertiary/aromatic N) is 4. The zero-order valence-electron chi connectivity index (χ0n) is 17.3. The molecule has 4 rings (SSSR count). The van der Waals surface area contributed by atoms with Gasteiger partial charge in [0, 0.05) is 38.3 Å². The topological polar surface area (TPSA) is 79.7 Å². The van der Waals surface area contributed by atoms with Crippen molar-refractivity contribution in [2.45, 2.75) is 56.9 Å². The van der Waals surface area contributed by atoms with Gasteiger partial charge in [0.25, 0.3) is 0 Å². The van der Waals surface area contributed by atoms with Gasteiger partial charge in [-0.25, -0.2) is 4.39 Å². The molecule has 7 nitrogen and oxygen atoms in total. The van der Waals surface area contributed by atoms with Gasteiger partial charge in [-0.3, -0.25) is 14.5 Å². The Morgan fingerprint density at radius 1 is 1.43 bits per heavy atom. The van der Waals surface area contributed by atoms with E-state index in [4.69, 9.17) is 5.26 Å². The Balaban J connectivity index is 1.25. The van der Waals surface area contributed by atoms with E-state index in [9.17, 15) is 14.0 Å². The third-order valence-corrected chi connectivity index (χ3v) is 6.46. The summed E-state index contributed by atoms with van der Waals surface area (Å²) in [5, 5.41) is 12.4. The lowest BCUT2D eigenvalue weighted by molar-refractivity contribution is -0.137. The van der Waals surface area contributed by atoms with E-state index in [-0.39, 0.29) is 48.3 Å². The third kappa shape index (κ3) is 4.18. The molecule has 8 heteroatoms. The average Bonchev–Trinajstić information content (AvgIpc) is 3.42. The summed E-state index contributed by atoms with van der Waals surface area (Å²) in [7, 11) is 0. The molecule has 1 aromatic carbocycles. The zero-order chi connectivity index (χ0) is 21.3. The van der Waals surface area contributed by atoms with Gasteiger partial charge in [-0.05, 0) is 43.9 Å². The summed E-state index contributed by atoms with van der Waals surface area (Å²) in [6.45, 7) is 4.81. The molecule has 1 N–H and O–H groups in total. The van der Waals surface area contributed by atoms with Crippen LogP contribution in [0.25, 0.3) is 0 Å². The SMILES string of the molecule is C[C@@H](CN1C[C@@H]2C[C@H]1C(=O)N2Cc1cccc(F)c1)NCC(=O)N1CCC[C@H]1C#N. The molecule has 0 saturated carbocycles. The normalized spacial score (nSPS) is 27.0. The van der Waals surface area contributed by atoms with Crippen molar-refractivity contribution >= 4 is 11.8 Å². The van der Waals surface area contributed by atoms with E-state index < -0.39 is 0 Å². The zero-order valence-corrected chi connectivity index (χ0v) is 17.3. The van der Waals surface area contributed by atoms with Gasteiger partial charge in [-0.1, -0.05) is 12.1 Å². The molecule has 3 aliphatic heterocycles. The Hall–Kier alpha value is -2.50. The smallest absolute Gasteiger partial charge is 0.240 e. The Bertz CT molecular complexity index is 856. The number of carbonyl (C=O) groups excluding carboxylic acids is 2. The fourth-order valence-electron chi connectivity index (χ4n) is 4.95. The van der Waals surface area contributed by atoms with Gasteiger partial charge in [-0.2, -0.15) is 5.26 Å². The second-order valence-electron chi connectivity index (χ2n) is 8.61. The first kappa shape index (κ1) is 20.8. The van der Waals surface area contributed by atoms with Gasteiger partial charge in [0.05, 0.1) is 18.7 Å². The number of hydrogen-bond donors (Lipinski definition) is 1. The number of hydrogen-bond acceptors (Lipinski definition) is 5. The van der Waals surface area contributed by atoms with Crippen LogP contribution in [0.1, 0.15) is 31.7 Å². The van der Waals surface area contributed by atoms with Crippen molar-refractivity contribution in [2.24, 2.45) is 0 Å². The molecule has 0 spiro atoms. The van der Waals surface area contributed by atoms with Gasteiger partial charge in [-0.15, -0.1) is 0 Å². The van der Waals surface area contributed by atoms with Crippen molar-refractivity contribution in [3.8, 4) is 6.07 Å². The second-order valence-corrected chi connectivity index (χ2v) is 8.61. The van der Waals surface area contributed by atoms with Crippen LogP contribution >= 0.6 is 0 Å². The van der Waals surface area contributed by atoms with E-state index in [0.717, 1.165) is 31.4 Å². The molecule has 0 radical (unpaired) electrons. The van der Waals surface area contributed by atoms with Gasteiger partial charge < -0.3 is 15.1 Å². The molecule has 1 aromatic rings. The molecule has 2 bridgehead atoms. The van der Waals surface area contributed by atoms with E-state index in [1.165, 1.54) is 12.1 Å². The summed E-state index contributed by atoms with van der Waals surface area (Å²) in [5.41, 5.74) is 0.814. The van der Waals surface area contributed by atoms with E-state index in [0.29, 0.717) is 19.6 Å². The number of nitrogens with one attached hydrogen (secondary N) is 1. The summed E-state index contributed by atoms with van der Waals surface area (Å²) < 4.78 is 13.4. The maximum atomic E-state index is 13.4. The van der Waals surface area contributed by atoms with Crippen LogP contribution in [0.15, 0.2) is 24.3 Å². The minimum atomic E-state index is -0.300. The maximum absolute atomic E-state index is 13.4. The summed E-state index contributed by atoms with van der Waals surface area (Å²) >= 11 is 0. The van der Waals surface area contributed by atoms with E-state index in [1.807, 2.05) is 17.9 Å². The van der Waals surface area contributed by atoms with Crippen LogP contribution in [0.5, 0.6) is 0 Å². The number of piperazine rings is 1. The summed E-state index contributed by atoms with van der Waals surface area (Å²) in [6.07, 6.45) is 2.44. The van der Waals surface area contributed by atoms with Crippen molar-refractivity contribution in [1.29, 1.82) is 5.26 Å². The van der Waals surface area contributed by atoms with Gasteiger partial charge >= 0.3 is 0 Å². The van der Waals surface area contributed by atoms with Crippen molar-refractivity contribution in [3.05, 3.63) is 35.6 Å². The molecular weight excluding hydrogens is 385 g/mol. The molecule has 160 valence electrons. The Morgan fingerprint density at radius 3 is 3.00 bits per heavy atom. The largest absolute Gasteiger partial charge is 0.333 e. The highest BCUT2D eigenvalue weighted by Crippen LogP contribution is 2.33. The van der Waals surface area contributed by atoms with Crippen LogP contribution in [-0.4, -0.2) is 76.9 Å². The summed E-state index contributed by atoms with van der Waals surface area (Å²) in [6, 6.07) is 8.38. The minimum Gasteiger partial charge on any atom is -0.333 e. The minimum absolute atomic E-state index is 0.0359. The molecule has 0 aliphatic carbocycles. The van der Waals surface area contributed by atoms with Crippen LogP contribution in [0.4, 0.5) is 4.39 Å². The van der Waals surface area contributed by atoms with Crippen LogP contribution in [-0.2, 0) is 16.1 Å². The van der Waals surface area contributed by atoms with E-state index >= 15 is 0 Å². The second kappa shape index (κ2) is 8.70. The molecule has 3 heterocycles. The fourth-order valence-corrected chi connectivity index (χ4v) is 4.95. The number of benzene rings is 1. The lowest BCUT2D eigenvalue weighted by Gasteiger charge is -2.35. The highest BCUT2D eigenvalue weighted by Gasteiger charge is 2.49. The van der Waals surface area contributed by atoms with Gasteiger partial charge in [0.1, 0.15) is 11.9 Å². The Kier molecular flexibility index (Phi) is 6.02. The monoisotopic (exact) mass is 413 g/mol. The number of rotatable bonds is 7. The highest BCUT2D eigenvalue weighted by molar-refractivity contribution is 5.85. The number of carbonyl (C=O) groups is 2. The first-order chi connectivity index (χ1) is 14.5. The lowest BCUT2D eigenvalue weighted by atomic mass is 10.2. The molecule has 3 saturated heterocycles. The van der Waals surface area contributed by atoms with E-state index in [2.05, 4.69) is 16.3 Å². The van der Waals surface area contributed by atoms with Crippen LogP contribution in [0.2, 0.25) is 0 Å². The number of amides is 2. The predicted octanol–water partition coefficient (Wildman–Crippen LogP) is 1.10. The van der Waals surface area contributed by atoms with Crippen molar-refractivity contribution < 1.29 is 14.0 Å². The molecule has 4 atom stereocenters. The van der Waals surface area contributed by atoms with Crippen LogP contribution in [0.3, 0.4) is 0 Å². The molecule has 0 aromatic heterocycles. The highest BCUT2D eigenvalue weighted by atomic mass is 19.1. The Morgan fingerprint density at radius 2 is 2.27 bits per heavy atom. The molecule has 3 fully saturated rings. The summed E-state index contributed by atoms with van der Waals surface area (Å²) in [5.74, 6) is -0.214. The number of halogens is 1. The van der Waals surface area contributed by atoms with Crippen LogP contribution < -0.4 is 5.32 Å². The average molecular weight is 413 g/mol. The molecular formula is C22H28FN5O2. The quantitative estimate of drug-likeness (QED) is 0.724. The standard InChI is InChI=1S/C22H28FN5O2/c1-15(25-11-21(29)27-7-3-6-18(27)10-24)12-26-14-19-9-20(26)22(30)28(19)13-16-4-2-5-17(23)8-16/h2,4-5,8,15,18-20,25H,3,6-7,9,11-14H2,1H3/t15-,18-,19-,20-/m0/s1. The van der Waals surface area contributed by atoms with Crippen molar-refractivity contribution in [3.63, 3.8) is 0 Å². The first-order valence-electron chi connectivity index (χ1n) is 10.7. The van der Waals surface area contributed by atoms with E-state index in [1.54, 1.807) is 11.0 Å². The van der Waals surface area contributed by atoms with Gasteiger partial charge in [0.2, 0.25) is 11.8 Å². The van der Waals surface area contributed by atoms with Crippen molar-refractivity contribution in [1.82, 2.24) is 20.0 Å². The molecule has 3 aliphatic rings. The van der Waals surface area contributed by atoms with Crippen LogP contribution in [0, 0.1) is 17.1 Å². The maximum Gasteiger partial charge on any atom is 0.240 e. The van der Waals surface area contributed by atoms with Gasteiger partial charge in [0.15, 0.2) is 0 Å². The van der Waals surface area contributed by atoms with Crippen molar-refractivity contribution in [2.75, 3.05) is 26.2 Å². The molecule has 30 heavy (non-hydrogen) atoms. The lowest BCUT2D eigenvalue weighted by Crippen LogP contribution is -2.53. The predicted molar refractivity (Wildman–Crippen MR) is 109 cm³/mol. The summed E-state index contributed by atoms with van der Waals surface area (Å²) in [4.78, 5) is 30.9. The Labute approximate surface area is 176 Å². The first-order valence-corrected chi connectivity index (χ1v) is 10.7. The number of fused-ring (bicyclic) bond motifs is 2. The third-order valence-electron chi connectivity index (χ3n) is 6.46. The number of likely N-dealkylation sites (tertiary alicyclic amines) is 3. The fraction of sp³-hybridized carbons (Fsp3) is 0.591.